The third-order valence-corrected chi connectivity index (χ3v) is 3.28. The van der Waals surface area contributed by atoms with Gasteiger partial charge in [0.25, 0.3) is 0 Å². The van der Waals surface area contributed by atoms with Crippen LogP contribution in [0.25, 0.3) is 10.9 Å². The van der Waals surface area contributed by atoms with Crippen molar-refractivity contribution in [3.8, 4) is 5.75 Å². The molecule has 0 radical (unpaired) electrons. The number of aromatic nitrogens is 1. The summed E-state index contributed by atoms with van der Waals surface area (Å²) in [6.07, 6.45) is 0.844. The van der Waals surface area contributed by atoms with Crippen molar-refractivity contribution >= 4 is 28.2 Å². The first-order valence-electron chi connectivity index (χ1n) is 5.51. The van der Waals surface area contributed by atoms with Crippen molar-refractivity contribution in [3.05, 3.63) is 28.4 Å². The summed E-state index contributed by atoms with van der Waals surface area (Å²) in [4.78, 5) is 4.52. The van der Waals surface area contributed by atoms with Gasteiger partial charge in [0.05, 0.1) is 23.0 Å². The third kappa shape index (κ3) is 1.80. The number of anilines is 1. The number of benzene rings is 1. The zero-order valence-electron chi connectivity index (χ0n) is 10.2. The number of aryl methyl sites for hydroxylation is 1. The van der Waals surface area contributed by atoms with Crippen LogP contribution in [0.15, 0.2) is 12.1 Å². The van der Waals surface area contributed by atoms with Crippen molar-refractivity contribution < 1.29 is 4.74 Å². The van der Waals surface area contributed by atoms with Gasteiger partial charge in [-0.2, -0.15) is 0 Å². The number of halogens is 1. The monoisotopic (exact) mass is 250 g/mol. The molecule has 2 rings (SSSR count). The molecule has 4 heteroatoms. The molecular weight excluding hydrogens is 236 g/mol. The molecule has 3 nitrogen and oxygen atoms in total. The number of methoxy groups -OCH3 is 1. The standard InChI is InChI=1S/C13H15ClN2O/c1-4-8-7(2)16-13-9(14)5-6-10(17-3)11(13)12(8)15/h5-6H,4H2,1-3H3,(H2,15,16). The first kappa shape index (κ1) is 12.0. The van der Waals surface area contributed by atoms with Crippen LogP contribution in [0.3, 0.4) is 0 Å². The van der Waals surface area contributed by atoms with E-state index in [2.05, 4.69) is 11.9 Å². The van der Waals surface area contributed by atoms with Crippen LogP contribution in [0.4, 0.5) is 5.69 Å². The lowest BCUT2D eigenvalue weighted by atomic mass is 10.0. The number of nitrogens with zero attached hydrogens (tertiary/aromatic N) is 1. The topological polar surface area (TPSA) is 48.1 Å². The highest BCUT2D eigenvalue weighted by Crippen LogP contribution is 2.36. The molecule has 0 saturated carbocycles. The molecule has 0 aliphatic rings. The lowest BCUT2D eigenvalue weighted by Gasteiger charge is -2.14. The number of hydrogen-bond donors (Lipinski definition) is 1. The van der Waals surface area contributed by atoms with Gasteiger partial charge in [0.15, 0.2) is 0 Å². The maximum absolute atomic E-state index is 6.20. The molecule has 1 aromatic heterocycles. The van der Waals surface area contributed by atoms with Gasteiger partial charge in [-0.1, -0.05) is 18.5 Å². The van der Waals surface area contributed by atoms with Crippen molar-refractivity contribution in [1.82, 2.24) is 4.98 Å². The molecule has 1 aromatic carbocycles. The Kier molecular flexibility index (Phi) is 3.11. The first-order valence-corrected chi connectivity index (χ1v) is 5.89. The average Bonchev–Trinajstić information content (AvgIpc) is 2.31. The van der Waals surface area contributed by atoms with E-state index in [1.165, 1.54) is 0 Å². The molecule has 0 unspecified atom stereocenters. The molecule has 0 atom stereocenters. The summed E-state index contributed by atoms with van der Waals surface area (Å²) in [5, 5.41) is 1.40. The van der Waals surface area contributed by atoms with Gasteiger partial charge in [0.1, 0.15) is 5.75 Å². The van der Waals surface area contributed by atoms with Crippen molar-refractivity contribution in [3.63, 3.8) is 0 Å². The van der Waals surface area contributed by atoms with Gasteiger partial charge in [0.2, 0.25) is 0 Å². The fourth-order valence-electron chi connectivity index (χ4n) is 2.11. The maximum Gasteiger partial charge on any atom is 0.130 e. The molecule has 2 N–H and O–H groups in total. The summed E-state index contributed by atoms with van der Waals surface area (Å²) in [6, 6.07) is 3.59. The first-order chi connectivity index (χ1) is 8.10. The highest BCUT2D eigenvalue weighted by molar-refractivity contribution is 6.35. The van der Waals surface area contributed by atoms with E-state index in [0.717, 1.165) is 23.1 Å². The number of pyridine rings is 1. The third-order valence-electron chi connectivity index (χ3n) is 2.97. The van der Waals surface area contributed by atoms with E-state index in [0.29, 0.717) is 22.0 Å². The summed E-state index contributed by atoms with van der Waals surface area (Å²) in [5.41, 5.74) is 9.60. The molecule has 1 heterocycles. The second-order valence-electron chi connectivity index (χ2n) is 3.92. The van der Waals surface area contributed by atoms with Crippen LogP contribution in [0.2, 0.25) is 5.02 Å². The SMILES string of the molecule is CCc1c(C)nc2c(Cl)ccc(OC)c2c1N. The molecule has 0 saturated heterocycles. The Balaban J connectivity index is 2.95. The van der Waals surface area contributed by atoms with Crippen LogP contribution < -0.4 is 10.5 Å². The lowest BCUT2D eigenvalue weighted by Crippen LogP contribution is -2.02. The van der Waals surface area contributed by atoms with Crippen molar-refractivity contribution in [2.75, 3.05) is 12.8 Å². The lowest BCUT2D eigenvalue weighted by molar-refractivity contribution is 0.420. The summed E-state index contributed by atoms with van der Waals surface area (Å²) in [5.74, 6) is 0.712. The molecular formula is C13H15ClN2O. The number of nitrogens with two attached hydrogens (primary N) is 1. The molecule has 0 aliphatic carbocycles. The molecule has 17 heavy (non-hydrogen) atoms. The van der Waals surface area contributed by atoms with Crippen molar-refractivity contribution in [2.45, 2.75) is 20.3 Å². The predicted octanol–water partition coefficient (Wildman–Crippen LogP) is 3.35. The van der Waals surface area contributed by atoms with E-state index in [4.69, 9.17) is 22.1 Å². The molecule has 0 spiro atoms. The van der Waals surface area contributed by atoms with Gasteiger partial charge in [-0.05, 0) is 31.0 Å². The van der Waals surface area contributed by atoms with Crippen LogP contribution >= 0.6 is 11.6 Å². The molecule has 0 amide bonds. The minimum atomic E-state index is 0.596. The zero-order chi connectivity index (χ0) is 12.6. The van der Waals surface area contributed by atoms with Crippen molar-refractivity contribution in [1.29, 1.82) is 0 Å². The molecule has 0 aliphatic heterocycles. The van der Waals surface area contributed by atoms with Crippen LogP contribution in [-0.4, -0.2) is 12.1 Å². The zero-order valence-corrected chi connectivity index (χ0v) is 10.9. The fourth-order valence-corrected chi connectivity index (χ4v) is 2.31. The Morgan fingerprint density at radius 1 is 1.41 bits per heavy atom. The smallest absolute Gasteiger partial charge is 0.130 e. The van der Waals surface area contributed by atoms with Gasteiger partial charge >= 0.3 is 0 Å². The molecule has 0 fully saturated rings. The van der Waals surface area contributed by atoms with Crippen molar-refractivity contribution in [2.24, 2.45) is 0 Å². The molecule has 2 aromatic rings. The fraction of sp³-hybridized carbons (Fsp3) is 0.308. The minimum absolute atomic E-state index is 0.596. The van der Waals surface area contributed by atoms with E-state index in [-0.39, 0.29) is 0 Å². The second kappa shape index (κ2) is 4.41. The van der Waals surface area contributed by atoms with E-state index in [1.54, 1.807) is 13.2 Å². The van der Waals surface area contributed by atoms with Crippen LogP contribution in [0.5, 0.6) is 5.75 Å². The molecule has 0 bridgehead atoms. The van der Waals surface area contributed by atoms with Gasteiger partial charge in [-0.15, -0.1) is 0 Å². The number of ether oxygens (including phenoxy) is 1. The Bertz CT molecular complexity index is 581. The van der Waals surface area contributed by atoms with Gasteiger partial charge in [-0.3, -0.25) is 4.98 Å². The highest BCUT2D eigenvalue weighted by atomic mass is 35.5. The quantitative estimate of drug-likeness (QED) is 0.889. The number of rotatable bonds is 2. The Hall–Kier alpha value is -1.48. The van der Waals surface area contributed by atoms with E-state index >= 15 is 0 Å². The summed E-state index contributed by atoms with van der Waals surface area (Å²) >= 11 is 6.15. The number of fused-ring (bicyclic) bond motifs is 1. The van der Waals surface area contributed by atoms with Crippen LogP contribution in [0.1, 0.15) is 18.2 Å². The van der Waals surface area contributed by atoms with E-state index < -0.39 is 0 Å². The highest BCUT2D eigenvalue weighted by Gasteiger charge is 2.14. The predicted molar refractivity (Wildman–Crippen MR) is 71.8 cm³/mol. The van der Waals surface area contributed by atoms with Gasteiger partial charge in [-0.25, -0.2) is 0 Å². The average molecular weight is 251 g/mol. The number of nitrogen functional groups attached to an aromatic ring is 1. The normalized spacial score (nSPS) is 10.8. The Morgan fingerprint density at radius 2 is 2.12 bits per heavy atom. The molecule has 90 valence electrons. The van der Waals surface area contributed by atoms with Gasteiger partial charge in [0, 0.05) is 11.4 Å². The van der Waals surface area contributed by atoms with E-state index in [1.807, 2.05) is 13.0 Å². The van der Waals surface area contributed by atoms with E-state index in [9.17, 15) is 0 Å². The Morgan fingerprint density at radius 3 is 2.71 bits per heavy atom. The summed E-state index contributed by atoms with van der Waals surface area (Å²) in [6.45, 7) is 4.01. The summed E-state index contributed by atoms with van der Waals surface area (Å²) < 4.78 is 5.32. The Labute approximate surface area is 106 Å². The van der Waals surface area contributed by atoms with Gasteiger partial charge < -0.3 is 10.5 Å². The van der Waals surface area contributed by atoms with Crippen LogP contribution in [0, 0.1) is 6.92 Å². The summed E-state index contributed by atoms with van der Waals surface area (Å²) in [7, 11) is 1.62. The maximum atomic E-state index is 6.20. The van der Waals surface area contributed by atoms with Crippen LogP contribution in [-0.2, 0) is 6.42 Å². The minimum Gasteiger partial charge on any atom is -0.496 e. The largest absolute Gasteiger partial charge is 0.496 e. The second-order valence-corrected chi connectivity index (χ2v) is 4.32. The number of hydrogen-bond acceptors (Lipinski definition) is 3.